The van der Waals surface area contributed by atoms with Gasteiger partial charge in [-0.15, -0.1) is 11.3 Å². The number of rotatable bonds is 9. The first-order chi connectivity index (χ1) is 13.2. The highest BCUT2D eigenvalue weighted by Crippen LogP contribution is 2.35. The molecule has 1 N–H and O–H groups in total. The second kappa shape index (κ2) is 9.77. The molecule has 0 saturated carbocycles. The van der Waals surface area contributed by atoms with E-state index in [0.29, 0.717) is 22.2 Å². The number of unbranched alkanes of at least 4 members (excludes halogenated alkanes) is 4. The van der Waals surface area contributed by atoms with E-state index in [1.165, 1.54) is 37.0 Å². The van der Waals surface area contributed by atoms with Gasteiger partial charge >= 0.3 is 0 Å². The van der Waals surface area contributed by atoms with E-state index in [1.807, 2.05) is 48.5 Å². The van der Waals surface area contributed by atoms with Crippen LogP contribution in [0.5, 0.6) is 5.75 Å². The number of thiophene rings is 1. The molecule has 0 bridgehead atoms. The molecule has 0 aliphatic carbocycles. The van der Waals surface area contributed by atoms with E-state index in [2.05, 4.69) is 12.2 Å². The van der Waals surface area contributed by atoms with E-state index in [0.717, 1.165) is 22.3 Å². The van der Waals surface area contributed by atoms with Crippen molar-refractivity contribution in [1.29, 1.82) is 0 Å². The zero-order chi connectivity index (χ0) is 19.1. The third-order valence-corrected chi connectivity index (χ3v) is 6.02. The molecule has 2 aromatic carbocycles. The van der Waals surface area contributed by atoms with Crippen molar-refractivity contribution >= 4 is 44.6 Å². The van der Waals surface area contributed by atoms with Gasteiger partial charge in [0.15, 0.2) is 0 Å². The Morgan fingerprint density at radius 3 is 2.70 bits per heavy atom. The van der Waals surface area contributed by atoms with Gasteiger partial charge in [0.2, 0.25) is 0 Å². The minimum absolute atomic E-state index is 0.196. The summed E-state index contributed by atoms with van der Waals surface area (Å²) in [6, 6.07) is 15.3. The van der Waals surface area contributed by atoms with Crippen LogP contribution in [0.4, 0.5) is 5.69 Å². The number of halogens is 1. The lowest BCUT2D eigenvalue weighted by Crippen LogP contribution is -2.10. The van der Waals surface area contributed by atoms with Crippen LogP contribution in [0.1, 0.15) is 48.7 Å². The van der Waals surface area contributed by atoms with Crippen molar-refractivity contribution in [3.05, 3.63) is 58.4 Å². The van der Waals surface area contributed by atoms with Crippen molar-refractivity contribution in [3.8, 4) is 5.75 Å². The minimum atomic E-state index is -0.196. The first-order valence-corrected chi connectivity index (χ1v) is 10.6. The summed E-state index contributed by atoms with van der Waals surface area (Å²) in [6.07, 6.45) is 6.02. The maximum Gasteiger partial charge on any atom is 0.267 e. The Labute approximate surface area is 169 Å². The molecule has 3 rings (SSSR count). The van der Waals surface area contributed by atoms with Gasteiger partial charge in [-0.2, -0.15) is 0 Å². The number of amides is 1. The fourth-order valence-electron chi connectivity index (χ4n) is 2.91. The summed E-state index contributed by atoms with van der Waals surface area (Å²) in [7, 11) is 0. The van der Waals surface area contributed by atoms with Gasteiger partial charge in [-0.1, -0.05) is 68.5 Å². The SMILES string of the molecule is CCCCCCCOc1cccc(NC(=O)c2sc3ccccc3c2Cl)c1. The number of nitrogens with one attached hydrogen (secondary N) is 1. The second-order valence-electron chi connectivity index (χ2n) is 6.49. The molecule has 0 spiro atoms. The van der Waals surface area contributed by atoms with E-state index in [1.54, 1.807) is 0 Å². The summed E-state index contributed by atoms with van der Waals surface area (Å²) in [4.78, 5) is 13.2. The Balaban J connectivity index is 1.60. The number of hydrogen-bond acceptors (Lipinski definition) is 3. The fourth-order valence-corrected chi connectivity index (χ4v) is 4.32. The zero-order valence-corrected chi connectivity index (χ0v) is 17.0. The lowest BCUT2D eigenvalue weighted by Gasteiger charge is -2.09. The van der Waals surface area contributed by atoms with Crippen molar-refractivity contribution in [1.82, 2.24) is 0 Å². The summed E-state index contributed by atoms with van der Waals surface area (Å²) in [5.41, 5.74) is 0.706. The van der Waals surface area contributed by atoms with Crippen LogP contribution >= 0.6 is 22.9 Å². The standard InChI is InChI=1S/C22H24ClNO2S/c1-2-3-4-5-8-14-26-17-11-9-10-16(15-17)24-22(25)21-20(23)18-12-6-7-13-19(18)27-21/h6-7,9-13,15H,2-5,8,14H2,1H3,(H,24,25). The Hall–Kier alpha value is -2.04. The number of hydrogen-bond donors (Lipinski definition) is 1. The van der Waals surface area contributed by atoms with E-state index >= 15 is 0 Å². The van der Waals surface area contributed by atoms with Crippen molar-refractivity contribution in [3.63, 3.8) is 0 Å². The van der Waals surface area contributed by atoms with Crippen molar-refractivity contribution in [2.75, 3.05) is 11.9 Å². The summed E-state index contributed by atoms with van der Waals surface area (Å²) in [5, 5.41) is 4.34. The van der Waals surface area contributed by atoms with Crippen LogP contribution in [0, 0.1) is 0 Å². The monoisotopic (exact) mass is 401 g/mol. The molecular formula is C22H24ClNO2S. The zero-order valence-electron chi connectivity index (χ0n) is 15.5. The molecule has 3 nitrogen and oxygen atoms in total. The van der Waals surface area contributed by atoms with Crippen molar-refractivity contribution < 1.29 is 9.53 Å². The molecule has 0 radical (unpaired) electrons. The number of carbonyl (C=O) groups is 1. The molecule has 0 unspecified atom stereocenters. The number of fused-ring (bicyclic) bond motifs is 1. The largest absolute Gasteiger partial charge is 0.494 e. The third-order valence-electron chi connectivity index (χ3n) is 4.35. The van der Waals surface area contributed by atoms with E-state index in [4.69, 9.17) is 16.3 Å². The van der Waals surface area contributed by atoms with Crippen LogP contribution in [0.15, 0.2) is 48.5 Å². The number of anilines is 1. The Bertz CT molecular complexity index is 906. The second-order valence-corrected chi connectivity index (χ2v) is 7.92. The van der Waals surface area contributed by atoms with Crippen molar-refractivity contribution in [2.24, 2.45) is 0 Å². The first-order valence-electron chi connectivity index (χ1n) is 9.40. The van der Waals surface area contributed by atoms with Gasteiger partial charge in [-0.25, -0.2) is 0 Å². The van der Waals surface area contributed by atoms with Crippen molar-refractivity contribution in [2.45, 2.75) is 39.0 Å². The van der Waals surface area contributed by atoms with Gasteiger partial charge in [0.1, 0.15) is 10.6 Å². The highest BCUT2D eigenvalue weighted by molar-refractivity contribution is 7.21. The number of carbonyl (C=O) groups excluding carboxylic acids is 1. The van der Waals surface area contributed by atoms with E-state index in [-0.39, 0.29) is 5.91 Å². The maximum atomic E-state index is 12.7. The van der Waals surface area contributed by atoms with Gasteiger partial charge < -0.3 is 10.1 Å². The summed E-state index contributed by atoms with van der Waals surface area (Å²) >= 11 is 7.80. The molecular weight excluding hydrogens is 378 g/mol. The normalized spacial score (nSPS) is 10.9. The molecule has 27 heavy (non-hydrogen) atoms. The molecule has 1 aromatic heterocycles. The third kappa shape index (κ3) is 5.24. The number of benzene rings is 2. The lowest BCUT2D eigenvalue weighted by atomic mass is 10.2. The van der Waals surface area contributed by atoms with Crippen LogP contribution in [0.3, 0.4) is 0 Å². The van der Waals surface area contributed by atoms with Crippen LogP contribution in [0.2, 0.25) is 5.02 Å². The molecule has 5 heteroatoms. The molecule has 0 atom stereocenters. The molecule has 0 aliphatic rings. The topological polar surface area (TPSA) is 38.3 Å². The molecule has 0 saturated heterocycles. The summed E-state index contributed by atoms with van der Waals surface area (Å²) in [5.74, 6) is 0.573. The van der Waals surface area contributed by atoms with Gasteiger partial charge in [0.25, 0.3) is 5.91 Å². The molecule has 3 aromatic rings. The molecule has 1 heterocycles. The van der Waals surface area contributed by atoms with E-state index in [9.17, 15) is 4.79 Å². The average molecular weight is 402 g/mol. The van der Waals surface area contributed by atoms with Gasteiger partial charge in [0.05, 0.1) is 11.6 Å². The molecule has 0 fully saturated rings. The lowest BCUT2D eigenvalue weighted by molar-refractivity contribution is 0.103. The first kappa shape index (κ1) is 19.7. The van der Waals surface area contributed by atoms with Gasteiger partial charge in [0, 0.05) is 21.8 Å². The molecule has 1 amide bonds. The van der Waals surface area contributed by atoms with Crippen LogP contribution in [0.25, 0.3) is 10.1 Å². The predicted octanol–water partition coefficient (Wildman–Crippen LogP) is 7.16. The Morgan fingerprint density at radius 2 is 1.89 bits per heavy atom. The predicted molar refractivity (Wildman–Crippen MR) is 115 cm³/mol. The Morgan fingerprint density at radius 1 is 1.07 bits per heavy atom. The quantitative estimate of drug-likeness (QED) is 0.386. The highest BCUT2D eigenvalue weighted by atomic mass is 35.5. The summed E-state index contributed by atoms with van der Waals surface area (Å²) in [6.45, 7) is 2.91. The molecule has 0 aliphatic heterocycles. The maximum absolute atomic E-state index is 12.7. The van der Waals surface area contributed by atoms with Crippen LogP contribution in [-0.2, 0) is 0 Å². The molecule has 142 valence electrons. The summed E-state index contributed by atoms with van der Waals surface area (Å²) < 4.78 is 6.82. The minimum Gasteiger partial charge on any atom is -0.494 e. The van der Waals surface area contributed by atoms with Gasteiger partial charge in [-0.05, 0) is 24.6 Å². The highest BCUT2D eigenvalue weighted by Gasteiger charge is 2.17. The smallest absolute Gasteiger partial charge is 0.267 e. The fraction of sp³-hybridized carbons (Fsp3) is 0.318. The van der Waals surface area contributed by atoms with Crippen LogP contribution < -0.4 is 10.1 Å². The number of ether oxygens (including phenoxy) is 1. The Kier molecular flexibility index (Phi) is 7.13. The van der Waals surface area contributed by atoms with E-state index < -0.39 is 0 Å². The van der Waals surface area contributed by atoms with Gasteiger partial charge in [-0.3, -0.25) is 4.79 Å². The average Bonchev–Trinajstić information content (AvgIpc) is 3.02. The van der Waals surface area contributed by atoms with Crippen LogP contribution in [-0.4, -0.2) is 12.5 Å².